The maximum atomic E-state index is 13.0. The lowest BCUT2D eigenvalue weighted by Gasteiger charge is -2.35. The Kier molecular flexibility index (Phi) is 29.4. The van der Waals surface area contributed by atoms with Crippen LogP contribution in [0.1, 0.15) is 220 Å². The molecular formula is C84H108F9N3O9S6. The summed E-state index contributed by atoms with van der Waals surface area (Å²) in [5.74, 6) is -1.04. The summed E-state index contributed by atoms with van der Waals surface area (Å²) in [5.41, 5.74) is 6.13. The molecular weight excluding hydrogens is 1560 g/mol. The number of benzene rings is 3. The Bertz CT molecular complexity index is 4030. The van der Waals surface area contributed by atoms with Crippen LogP contribution in [0.15, 0.2) is 106 Å². The van der Waals surface area contributed by atoms with Crippen molar-refractivity contribution in [1.82, 2.24) is 14.7 Å². The second-order valence-corrected chi connectivity index (χ2v) is 43.1. The predicted octanol–water partition coefficient (Wildman–Crippen LogP) is 20.3. The number of carbonyl (C=O) groups is 3. The maximum Gasteiger partial charge on any atom is 0.391 e. The van der Waals surface area contributed by atoms with Crippen molar-refractivity contribution < 1.29 is 79.2 Å². The quantitative estimate of drug-likeness (QED) is 0.0449. The van der Waals surface area contributed by atoms with Gasteiger partial charge in [-0.15, -0.1) is 34.0 Å². The standard InChI is InChI=1S/3C28H36F3NO3S2/c3*1-4-37(34,35)25-11-7-19(8-12-25)13-23(33)15-24-14-21-17-32(26(18(2)3)27(21)36-24)16-20-5-9-22(10-6-20)28(29,30)31/h3*7-8,11-12,14,18,20,22,26H,4-6,9-10,13,15-17H2,1-3H3/t2*20?,22?,26-;/m10./s1. The molecule has 3 aromatic heterocycles. The van der Waals surface area contributed by atoms with Gasteiger partial charge < -0.3 is 0 Å². The molecule has 1 unspecified atom stereocenters. The van der Waals surface area contributed by atoms with E-state index >= 15 is 0 Å². The molecule has 0 saturated heterocycles. The molecule has 6 aromatic rings. The Balaban J connectivity index is 0.000000177. The van der Waals surface area contributed by atoms with E-state index in [0.717, 1.165) is 70.6 Å². The third-order valence-electron chi connectivity index (χ3n) is 23.4. The van der Waals surface area contributed by atoms with Gasteiger partial charge in [0.25, 0.3) is 0 Å². The minimum Gasteiger partial charge on any atom is -0.299 e. The number of nitrogens with zero attached hydrogens (tertiary/aromatic N) is 3. The molecule has 0 spiro atoms. The van der Waals surface area contributed by atoms with Gasteiger partial charge in [-0.1, -0.05) is 98.7 Å². The number of alkyl halides is 9. The number of halogens is 9. The van der Waals surface area contributed by atoms with Crippen molar-refractivity contribution in [3.05, 3.63) is 154 Å². The van der Waals surface area contributed by atoms with Crippen molar-refractivity contribution in [2.24, 2.45) is 53.3 Å². The van der Waals surface area contributed by atoms with Crippen LogP contribution in [0.2, 0.25) is 0 Å². The van der Waals surface area contributed by atoms with E-state index in [0.29, 0.717) is 93.3 Å². The molecule has 0 radical (unpaired) electrons. The Morgan fingerprint density at radius 2 is 0.577 bits per heavy atom. The van der Waals surface area contributed by atoms with E-state index in [2.05, 4.69) is 74.4 Å². The molecule has 6 aliphatic rings. The molecule has 0 amide bonds. The SMILES string of the molecule is CCS(=O)(=O)c1ccc(CC(=O)Cc2cc3c(s2)C(C(C)C)N(CC2CCC(C(F)(F)F)CC2)C3)cc1.CCS(=O)(=O)c1ccc(CC(=O)Cc2cc3c(s2)[C@@H](C(C)C)N(CC2CCC(C(F)(F)F)CC2)C3)cc1.CCS(=O)(=O)c1ccc(CC(=O)Cc2cc3c(s2)[C@H](C(C)C)N(CC2CCC(C(F)(F)F)CC2)C3)cc1. The third kappa shape index (κ3) is 23.0. The molecule has 3 aliphatic heterocycles. The summed E-state index contributed by atoms with van der Waals surface area (Å²) in [4.78, 5) is 53.5. The van der Waals surface area contributed by atoms with Crippen molar-refractivity contribution in [1.29, 1.82) is 0 Å². The average molecular weight is 1670 g/mol. The van der Waals surface area contributed by atoms with Crippen LogP contribution in [0.3, 0.4) is 0 Å². The lowest BCUT2D eigenvalue weighted by atomic mass is 9.81. The molecule has 3 saturated carbocycles. The van der Waals surface area contributed by atoms with Crippen LogP contribution in [-0.2, 0) is 102 Å². The van der Waals surface area contributed by atoms with E-state index in [1.807, 2.05) is 0 Å². The first-order valence-corrected chi connectivity index (χ1v) is 46.8. The highest BCUT2D eigenvalue weighted by molar-refractivity contribution is 7.92. The molecule has 3 fully saturated rings. The maximum absolute atomic E-state index is 13.0. The summed E-state index contributed by atoms with van der Waals surface area (Å²) in [6, 6.07) is 26.8. The summed E-state index contributed by atoms with van der Waals surface area (Å²) < 4.78 is 189. The first-order valence-electron chi connectivity index (χ1n) is 39.4. The van der Waals surface area contributed by atoms with Crippen LogP contribution < -0.4 is 0 Å². The van der Waals surface area contributed by atoms with E-state index in [9.17, 15) is 79.2 Å². The Labute approximate surface area is 662 Å². The van der Waals surface area contributed by atoms with Crippen LogP contribution in [0, 0.1) is 53.3 Å². The molecule has 12 rings (SSSR count). The molecule has 0 N–H and O–H groups in total. The van der Waals surface area contributed by atoms with Gasteiger partial charge in [-0.3, -0.25) is 29.1 Å². The zero-order chi connectivity index (χ0) is 80.9. The predicted molar refractivity (Wildman–Crippen MR) is 421 cm³/mol. The van der Waals surface area contributed by atoms with Gasteiger partial charge in [-0.2, -0.15) is 39.5 Å². The number of hydrogen-bond acceptors (Lipinski definition) is 15. The molecule has 111 heavy (non-hydrogen) atoms. The molecule has 3 aromatic carbocycles. The Hall–Kier alpha value is -5.13. The van der Waals surface area contributed by atoms with E-state index in [4.69, 9.17) is 0 Å². The van der Waals surface area contributed by atoms with E-state index in [1.165, 1.54) is 31.3 Å². The highest BCUT2D eigenvalue weighted by atomic mass is 32.2. The van der Waals surface area contributed by atoms with Crippen molar-refractivity contribution in [2.45, 2.75) is 249 Å². The lowest BCUT2D eigenvalue weighted by molar-refractivity contribution is -0.185. The fourth-order valence-corrected chi connectivity index (χ4v) is 24.6. The van der Waals surface area contributed by atoms with Gasteiger partial charge in [-0.25, -0.2) is 25.3 Å². The minimum absolute atomic E-state index is 0.0440. The smallest absolute Gasteiger partial charge is 0.299 e. The molecule has 3 aliphatic carbocycles. The van der Waals surface area contributed by atoms with Crippen LogP contribution in [0.4, 0.5) is 39.5 Å². The highest BCUT2D eigenvalue weighted by Crippen LogP contribution is 2.50. The topological polar surface area (TPSA) is 163 Å². The zero-order valence-corrected chi connectivity index (χ0v) is 69.9. The number of hydrogen-bond donors (Lipinski definition) is 0. The van der Waals surface area contributed by atoms with Crippen molar-refractivity contribution in [2.75, 3.05) is 36.9 Å². The molecule has 12 nitrogen and oxygen atoms in total. The number of rotatable bonds is 27. The number of thiophene rings is 3. The second kappa shape index (κ2) is 37.0. The molecule has 27 heteroatoms. The van der Waals surface area contributed by atoms with Crippen molar-refractivity contribution in [3.8, 4) is 0 Å². The normalized spacial score (nSPS) is 22.9. The summed E-state index contributed by atoms with van der Waals surface area (Å²) in [5, 5.41) is 0. The molecule has 0 bridgehead atoms. The number of sulfone groups is 3. The van der Waals surface area contributed by atoms with E-state index in [1.54, 1.807) is 128 Å². The van der Waals surface area contributed by atoms with Crippen LogP contribution >= 0.6 is 34.0 Å². The van der Waals surface area contributed by atoms with E-state index in [-0.39, 0.29) is 125 Å². The van der Waals surface area contributed by atoms with Gasteiger partial charge in [0.05, 0.1) is 49.7 Å². The third-order valence-corrected chi connectivity index (χ3v) is 32.4. The molecule has 6 heterocycles. The van der Waals surface area contributed by atoms with E-state index < -0.39 is 65.8 Å². The van der Waals surface area contributed by atoms with Gasteiger partial charge >= 0.3 is 18.5 Å². The van der Waals surface area contributed by atoms with Crippen LogP contribution in [0.5, 0.6) is 0 Å². The van der Waals surface area contributed by atoms with Crippen LogP contribution in [0.25, 0.3) is 0 Å². The van der Waals surface area contributed by atoms with Gasteiger partial charge in [0.1, 0.15) is 17.3 Å². The van der Waals surface area contributed by atoms with Gasteiger partial charge in [-0.05, 0) is 201 Å². The van der Waals surface area contributed by atoms with Crippen LogP contribution in [-0.4, -0.2) is 113 Å². The fourth-order valence-electron chi connectivity index (χ4n) is 17.5. The van der Waals surface area contributed by atoms with Crippen molar-refractivity contribution in [3.63, 3.8) is 0 Å². The highest BCUT2D eigenvalue weighted by Gasteiger charge is 2.47. The Morgan fingerprint density at radius 3 is 0.766 bits per heavy atom. The molecule has 612 valence electrons. The number of carbonyl (C=O) groups excluding carboxylic acids is 3. The average Bonchev–Trinajstić information content (AvgIpc) is 1.63. The largest absolute Gasteiger partial charge is 0.391 e. The minimum atomic E-state index is -4.07. The van der Waals surface area contributed by atoms with Crippen molar-refractivity contribution >= 4 is 80.9 Å². The number of ketones is 3. The Morgan fingerprint density at radius 1 is 0.360 bits per heavy atom. The number of Topliss-reactive ketones (excluding diaryl/α,β-unsaturated/α-hetero) is 3. The van der Waals surface area contributed by atoms with Gasteiger partial charge in [0, 0.05) is 125 Å². The zero-order valence-electron chi connectivity index (χ0n) is 65.0. The summed E-state index contributed by atoms with van der Waals surface area (Å²) in [6.07, 6.45) is -5.21. The second-order valence-electron chi connectivity index (χ2n) is 32.8. The lowest BCUT2D eigenvalue weighted by Crippen LogP contribution is -2.35. The first-order chi connectivity index (χ1) is 52.1. The van der Waals surface area contributed by atoms with Gasteiger partial charge in [0.15, 0.2) is 29.5 Å². The summed E-state index contributed by atoms with van der Waals surface area (Å²) >= 11 is 5.06. The monoisotopic (exact) mass is 1670 g/mol. The summed E-state index contributed by atoms with van der Waals surface area (Å²) in [6.45, 7) is 22.7. The fraction of sp³-hybridized carbons (Fsp3) is 0.607. The first kappa shape index (κ1) is 88.2. The summed E-state index contributed by atoms with van der Waals surface area (Å²) in [7, 11) is -9.77. The molecule has 3 atom stereocenters. The van der Waals surface area contributed by atoms with Gasteiger partial charge in [0.2, 0.25) is 0 Å². The number of fused-ring (bicyclic) bond motifs is 3.